The lowest BCUT2D eigenvalue weighted by Gasteiger charge is -2.28. The quantitative estimate of drug-likeness (QED) is 0.508. The number of hydrogen-bond donors (Lipinski definition) is 1. The monoisotopic (exact) mass is 469 g/mol. The van der Waals surface area contributed by atoms with Gasteiger partial charge in [0.2, 0.25) is 10.0 Å². The van der Waals surface area contributed by atoms with Crippen LogP contribution in [0.2, 0.25) is 0 Å². The van der Waals surface area contributed by atoms with Gasteiger partial charge in [-0.3, -0.25) is 14.1 Å². The first-order chi connectivity index (χ1) is 15.8. The summed E-state index contributed by atoms with van der Waals surface area (Å²) in [7, 11) is -1.53. The maximum atomic E-state index is 12.2. The summed E-state index contributed by atoms with van der Waals surface area (Å²) in [6, 6.07) is 11.3. The number of carbonyl (C=O) groups is 1. The minimum Gasteiger partial charge on any atom is -0.490 e. The van der Waals surface area contributed by atoms with E-state index in [1.807, 2.05) is 43.3 Å². The Morgan fingerprint density at radius 2 is 1.94 bits per heavy atom. The summed E-state index contributed by atoms with van der Waals surface area (Å²) in [6.07, 6.45) is 5.29. The molecule has 0 spiro atoms. The molecule has 2 N–H and O–H groups in total. The fraction of sp³-hybridized carbons (Fsp3) is 0.440. The molecule has 2 fully saturated rings. The molecular formula is C25H31N3O4S. The Morgan fingerprint density at radius 3 is 2.58 bits per heavy atom. The molecule has 1 heterocycles. The number of ether oxygens (including phenoxy) is 1. The summed E-state index contributed by atoms with van der Waals surface area (Å²) in [4.78, 5) is 16.0. The molecule has 0 bridgehead atoms. The van der Waals surface area contributed by atoms with Gasteiger partial charge in [-0.25, -0.2) is 8.42 Å². The third kappa shape index (κ3) is 5.05. The van der Waals surface area contributed by atoms with Gasteiger partial charge in [-0.2, -0.15) is 0 Å². The topological polar surface area (TPSA) is 102 Å². The van der Waals surface area contributed by atoms with Crippen LogP contribution in [0.5, 0.6) is 5.75 Å². The summed E-state index contributed by atoms with van der Waals surface area (Å²) in [5.74, 6) is 1.30. The van der Waals surface area contributed by atoms with Gasteiger partial charge in [0.1, 0.15) is 11.5 Å². The summed E-state index contributed by atoms with van der Waals surface area (Å²) in [5.41, 5.74) is 10.1. The number of anilines is 2. The number of nitrogens with two attached hydrogens (primary N) is 1. The predicted molar refractivity (Wildman–Crippen MR) is 133 cm³/mol. The number of rotatable bonds is 6. The molecule has 0 unspecified atom stereocenters. The molecule has 0 amide bonds. The molecule has 1 aliphatic carbocycles. The van der Waals surface area contributed by atoms with Crippen molar-refractivity contribution in [2.75, 3.05) is 29.4 Å². The van der Waals surface area contributed by atoms with E-state index in [1.54, 1.807) is 13.3 Å². The van der Waals surface area contributed by atoms with E-state index in [-0.39, 0.29) is 17.8 Å². The Labute approximate surface area is 195 Å². The van der Waals surface area contributed by atoms with Crippen LogP contribution in [0.3, 0.4) is 0 Å². The number of benzene rings is 2. The molecule has 1 saturated heterocycles. The predicted octanol–water partition coefficient (Wildman–Crippen LogP) is 4.05. The number of sulfonamides is 1. The molecule has 1 saturated carbocycles. The van der Waals surface area contributed by atoms with Crippen LogP contribution in [0.25, 0.3) is 11.1 Å². The van der Waals surface area contributed by atoms with Crippen LogP contribution >= 0.6 is 0 Å². The average Bonchev–Trinajstić information content (AvgIpc) is 3.15. The lowest BCUT2D eigenvalue weighted by Crippen LogP contribution is -2.29. The van der Waals surface area contributed by atoms with Gasteiger partial charge >= 0.3 is 0 Å². The van der Waals surface area contributed by atoms with Crippen molar-refractivity contribution in [1.82, 2.24) is 0 Å². The van der Waals surface area contributed by atoms with Crippen LogP contribution in [0.1, 0.15) is 44.6 Å². The lowest BCUT2D eigenvalue weighted by molar-refractivity contribution is -0.122. The van der Waals surface area contributed by atoms with Crippen LogP contribution in [-0.4, -0.2) is 45.9 Å². The largest absolute Gasteiger partial charge is 0.490 e. The fourth-order valence-corrected chi connectivity index (χ4v) is 6.25. The van der Waals surface area contributed by atoms with Gasteiger partial charge in [-0.1, -0.05) is 12.1 Å². The molecule has 0 aromatic heterocycles. The highest BCUT2D eigenvalue weighted by Crippen LogP contribution is 2.35. The van der Waals surface area contributed by atoms with Gasteiger partial charge in [-0.05, 0) is 61.6 Å². The van der Waals surface area contributed by atoms with Crippen LogP contribution in [0.4, 0.5) is 11.4 Å². The van der Waals surface area contributed by atoms with Crippen molar-refractivity contribution in [2.45, 2.75) is 45.1 Å². The number of carbonyl (C=O) groups excluding carboxylic acids is 1. The van der Waals surface area contributed by atoms with Gasteiger partial charge in [-0.15, -0.1) is 0 Å². The zero-order chi connectivity index (χ0) is 23.6. The van der Waals surface area contributed by atoms with E-state index < -0.39 is 10.0 Å². The highest BCUT2D eigenvalue weighted by molar-refractivity contribution is 7.93. The standard InChI is InChI=1S/C25H31N3O4S/c1-17(19-5-3-6-22(29)13-19)32-25-15-20(14-24(26)23(25)16-27-2)18-7-9-21(10-8-18)28-11-4-12-33(28,30)31/h7-10,14-17,19H,3-6,11-13,26H2,1-2H3/t17-,19+/m1/s1. The number of ketones is 1. The minimum absolute atomic E-state index is 0.129. The normalized spacial score (nSPS) is 21.5. The van der Waals surface area contributed by atoms with Gasteiger partial charge in [0.15, 0.2) is 0 Å². The number of nitrogen functional groups attached to an aromatic ring is 1. The lowest BCUT2D eigenvalue weighted by atomic mass is 9.85. The van der Waals surface area contributed by atoms with Crippen LogP contribution in [0.15, 0.2) is 41.4 Å². The van der Waals surface area contributed by atoms with Crippen molar-refractivity contribution in [3.63, 3.8) is 0 Å². The Balaban J connectivity index is 1.63. The van der Waals surface area contributed by atoms with E-state index in [1.165, 1.54) is 4.31 Å². The Kier molecular flexibility index (Phi) is 6.74. The summed E-state index contributed by atoms with van der Waals surface area (Å²) < 4.78 is 32.3. The van der Waals surface area contributed by atoms with Crippen molar-refractivity contribution in [3.8, 4) is 16.9 Å². The summed E-state index contributed by atoms with van der Waals surface area (Å²) in [6.45, 7) is 2.52. The average molecular weight is 470 g/mol. The second kappa shape index (κ2) is 9.55. The molecule has 4 rings (SSSR count). The molecule has 2 aromatic carbocycles. The molecule has 176 valence electrons. The van der Waals surface area contributed by atoms with Crippen LogP contribution < -0.4 is 14.8 Å². The molecule has 7 nitrogen and oxygen atoms in total. The maximum absolute atomic E-state index is 12.2. The zero-order valence-corrected chi connectivity index (χ0v) is 20.0. The second-order valence-corrected chi connectivity index (χ2v) is 10.9. The molecule has 8 heteroatoms. The highest BCUT2D eigenvalue weighted by atomic mass is 32.2. The molecule has 33 heavy (non-hydrogen) atoms. The molecule has 2 atom stereocenters. The van der Waals surface area contributed by atoms with E-state index in [0.29, 0.717) is 48.7 Å². The maximum Gasteiger partial charge on any atom is 0.235 e. The van der Waals surface area contributed by atoms with Gasteiger partial charge in [0, 0.05) is 44.3 Å². The van der Waals surface area contributed by atoms with E-state index in [2.05, 4.69) is 4.99 Å². The molecule has 0 radical (unpaired) electrons. The number of aliphatic imine (C=N–C) groups is 1. The second-order valence-electron chi connectivity index (χ2n) is 8.87. The van der Waals surface area contributed by atoms with Crippen molar-refractivity contribution < 1.29 is 17.9 Å². The highest BCUT2D eigenvalue weighted by Gasteiger charge is 2.29. The molecule has 2 aliphatic rings. The number of Topliss-reactive ketones (excluding diaryl/α,β-unsaturated/α-hetero) is 1. The third-order valence-electron chi connectivity index (χ3n) is 6.52. The smallest absolute Gasteiger partial charge is 0.235 e. The van der Waals surface area contributed by atoms with Gasteiger partial charge in [0.05, 0.1) is 23.1 Å². The Morgan fingerprint density at radius 1 is 1.18 bits per heavy atom. The molecule has 2 aromatic rings. The van der Waals surface area contributed by atoms with E-state index in [0.717, 1.165) is 29.5 Å². The van der Waals surface area contributed by atoms with Crippen LogP contribution in [0, 0.1) is 5.92 Å². The van der Waals surface area contributed by atoms with E-state index in [9.17, 15) is 13.2 Å². The number of nitrogens with zero attached hydrogens (tertiary/aromatic N) is 2. The Hall–Kier alpha value is -2.87. The zero-order valence-electron chi connectivity index (χ0n) is 19.2. The fourth-order valence-electron chi connectivity index (χ4n) is 4.68. The summed E-state index contributed by atoms with van der Waals surface area (Å²) in [5, 5.41) is 0. The van der Waals surface area contributed by atoms with Gasteiger partial charge in [0.25, 0.3) is 0 Å². The SMILES string of the molecule is CN=Cc1c(N)cc(-c2ccc(N3CCCS3(=O)=O)cc2)cc1O[C@H](C)[C@H]1CCCC(=O)C1. The minimum atomic E-state index is -3.22. The first-order valence-corrected chi connectivity index (χ1v) is 13.0. The van der Waals surface area contributed by atoms with Crippen LogP contribution in [-0.2, 0) is 14.8 Å². The number of hydrogen-bond acceptors (Lipinski definition) is 6. The van der Waals surface area contributed by atoms with Crippen molar-refractivity contribution in [2.24, 2.45) is 10.9 Å². The van der Waals surface area contributed by atoms with Crippen molar-refractivity contribution in [3.05, 3.63) is 42.0 Å². The molecule has 1 aliphatic heterocycles. The van der Waals surface area contributed by atoms with E-state index >= 15 is 0 Å². The first-order valence-electron chi connectivity index (χ1n) is 11.4. The molecular weight excluding hydrogens is 438 g/mol. The van der Waals surface area contributed by atoms with Gasteiger partial charge < -0.3 is 10.5 Å². The van der Waals surface area contributed by atoms with E-state index in [4.69, 9.17) is 10.5 Å². The summed E-state index contributed by atoms with van der Waals surface area (Å²) >= 11 is 0. The van der Waals surface area contributed by atoms with Crippen molar-refractivity contribution in [1.29, 1.82) is 0 Å². The van der Waals surface area contributed by atoms with Crippen molar-refractivity contribution >= 4 is 33.4 Å². The first kappa shape index (κ1) is 23.3. The Bertz CT molecular complexity index is 1160. The third-order valence-corrected chi connectivity index (χ3v) is 8.39.